The number of rotatable bonds is 4. The Kier molecular flexibility index (Phi) is 5.44. The first-order valence-electron chi connectivity index (χ1n) is 7.56. The first kappa shape index (κ1) is 16.5. The van der Waals surface area contributed by atoms with E-state index in [0.717, 1.165) is 25.5 Å². The number of anilines is 1. The molecule has 21 heavy (non-hydrogen) atoms. The molecule has 1 aromatic rings. The minimum Gasteiger partial charge on any atom is -0.362 e. The second-order valence-electron chi connectivity index (χ2n) is 6.17. The number of hydrogen-bond acceptors (Lipinski definition) is 2. The maximum atomic E-state index is 14.2. The molecule has 0 spiro atoms. The van der Waals surface area contributed by atoms with Crippen molar-refractivity contribution in [1.82, 2.24) is 5.32 Å². The Morgan fingerprint density at radius 3 is 2.67 bits per heavy atom. The van der Waals surface area contributed by atoms with E-state index in [1.807, 2.05) is 4.90 Å². The van der Waals surface area contributed by atoms with Crippen molar-refractivity contribution in [2.75, 3.05) is 18.0 Å². The van der Waals surface area contributed by atoms with E-state index in [9.17, 15) is 8.78 Å². The van der Waals surface area contributed by atoms with Crippen molar-refractivity contribution in [2.24, 2.45) is 5.92 Å². The van der Waals surface area contributed by atoms with Crippen LogP contribution in [0.15, 0.2) is 12.1 Å². The quantitative estimate of drug-likeness (QED) is 0.894. The molecule has 1 aromatic carbocycles. The SMILES string of the molecule is CCC1CNC(CC(C)C)CN1c1c(F)cc(F)cc1Cl. The fourth-order valence-electron chi connectivity index (χ4n) is 3.04. The van der Waals surface area contributed by atoms with Crippen molar-refractivity contribution in [3.63, 3.8) is 0 Å². The van der Waals surface area contributed by atoms with Crippen molar-refractivity contribution >= 4 is 17.3 Å². The van der Waals surface area contributed by atoms with Gasteiger partial charge in [-0.05, 0) is 24.8 Å². The summed E-state index contributed by atoms with van der Waals surface area (Å²) < 4.78 is 27.5. The van der Waals surface area contributed by atoms with Gasteiger partial charge >= 0.3 is 0 Å². The van der Waals surface area contributed by atoms with Crippen molar-refractivity contribution in [1.29, 1.82) is 0 Å². The molecule has 1 N–H and O–H groups in total. The molecule has 2 nitrogen and oxygen atoms in total. The molecule has 2 rings (SSSR count). The van der Waals surface area contributed by atoms with E-state index >= 15 is 0 Å². The number of hydrogen-bond donors (Lipinski definition) is 1. The molecule has 1 aliphatic rings. The lowest BCUT2D eigenvalue weighted by atomic mass is 9.98. The highest BCUT2D eigenvalue weighted by molar-refractivity contribution is 6.33. The standard InChI is InChI=1S/C16H23ClF2N2/c1-4-13-8-20-12(5-10(2)3)9-21(13)16-14(17)6-11(18)7-15(16)19/h6-7,10,12-13,20H,4-5,8-9H2,1-3H3. The molecule has 1 saturated heterocycles. The van der Waals surface area contributed by atoms with Crippen molar-refractivity contribution in [3.05, 3.63) is 28.8 Å². The van der Waals surface area contributed by atoms with Gasteiger partial charge in [-0.2, -0.15) is 0 Å². The van der Waals surface area contributed by atoms with E-state index in [4.69, 9.17) is 11.6 Å². The van der Waals surface area contributed by atoms with E-state index in [2.05, 4.69) is 26.1 Å². The molecule has 2 atom stereocenters. The predicted molar refractivity (Wildman–Crippen MR) is 84.0 cm³/mol. The van der Waals surface area contributed by atoms with Crippen LogP contribution in [0.4, 0.5) is 14.5 Å². The minimum absolute atomic E-state index is 0.149. The molecule has 118 valence electrons. The average Bonchev–Trinajstić information content (AvgIpc) is 2.37. The summed E-state index contributed by atoms with van der Waals surface area (Å²) in [6.07, 6.45) is 1.90. The van der Waals surface area contributed by atoms with Gasteiger partial charge in [-0.25, -0.2) is 8.78 Å². The number of halogens is 3. The van der Waals surface area contributed by atoms with Crippen LogP contribution in [0.3, 0.4) is 0 Å². The van der Waals surface area contributed by atoms with E-state index in [1.54, 1.807) is 0 Å². The fourth-order valence-corrected chi connectivity index (χ4v) is 3.34. The smallest absolute Gasteiger partial charge is 0.150 e. The molecule has 1 heterocycles. The van der Waals surface area contributed by atoms with Crippen LogP contribution in [-0.4, -0.2) is 25.2 Å². The van der Waals surface area contributed by atoms with Crippen LogP contribution in [0.25, 0.3) is 0 Å². The van der Waals surface area contributed by atoms with Crippen LogP contribution in [0.2, 0.25) is 5.02 Å². The van der Waals surface area contributed by atoms with Gasteiger partial charge in [-0.15, -0.1) is 0 Å². The molecule has 2 unspecified atom stereocenters. The summed E-state index contributed by atoms with van der Waals surface area (Å²) >= 11 is 6.10. The van der Waals surface area contributed by atoms with Crippen molar-refractivity contribution < 1.29 is 8.78 Å². The molecule has 0 amide bonds. The normalized spacial score (nSPS) is 22.9. The highest BCUT2D eigenvalue weighted by Gasteiger charge is 2.30. The second-order valence-corrected chi connectivity index (χ2v) is 6.57. The Bertz CT molecular complexity index is 470. The Hall–Kier alpha value is -0.870. The Morgan fingerprint density at radius 1 is 1.38 bits per heavy atom. The third-order valence-electron chi connectivity index (χ3n) is 4.00. The van der Waals surface area contributed by atoms with Gasteiger partial charge in [0.25, 0.3) is 0 Å². The molecular formula is C16H23ClF2N2. The summed E-state index contributed by atoms with van der Waals surface area (Å²) in [5.74, 6) is -0.650. The zero-order valence-electron chi connectivity index (χ0n) is 12.8. The molecular weight excluding hydrogens is 294 g/mol. The van der Waals surface area contributed by atoms with Gasteiger partial charge in [0.15, 0.2) is 5.82 Å². The number of benzene rings is 1. The van der Waals surface area contributed by atoms with Gasteiger partial charge in [-0.1, -0.05) is 32.4 Å². The summed E-state index contributed by atoms with van der Waals surface area (Å²) in [5, 5.41) is 3.67. The van der Waals surface area contributed by atoms with Crippen LogP contribution in [0.5, 0.6) is 0 Å². The summed E-state index contributed by atoms with van der Waals surface area (Å²) in [4.78, 5) is 2.00. The number of piperazine rings is 1. The Morgan fingerprint density at radius 2 is 2.10 bits per heavy atom. The highest BCUT2D eigenvalue weighted by Crippen LogP contribution is 2.33. The van der Waals surface area contributed by atoms with Gasteiger partial charge in [0, 0.05) is 31.2 Å². The molecule has 1 aliphatic heterocycles. The lowest BCUT2D eigenvalue weighted by Gasteiger charge is -2.42. The number of nitrogens with one attached hydrogen (secondary N) is 1. The van der Waals surface area contributed by atoms with Gasteiger partial charge in [0.2, 0.25) is 0 Å². The minimum atomic E-state index is -0.636. The zero-order chi connectivity index (χ0) is 15.6. The Balaban J connectivity index is 2.29. The maximum Gasteiger partial charge on any atom is 0.150 e. The van der Waals surface area contributed by atoms with Crippen molar-refractivity contribution in [3.8, 4) is 0 Å². The first-order chi connectivity index (χ1) is 9.92. The van der Waals surface area contributed by atoms with Gasteiger partial charge < -0.3 is 10.2 Å². The highest BCUT2D eigenvalue weighted by atomic mass is 35.5. The topological polar surface area (TPSA) is 15.3 Å². The summed E-state index contributed by atoms with van der Waals surface area (Å²) in [7, 11) is 0. The molecule has 0 bridgehead atoms. The molecule has 0 aromatic heterocycles. The van der Waals surface area contributed by atoms with E-state index < -0.39 is 11.6 Å². The summed E-state index contributed by atoms with van der Waals surface area (Å²) in [5.41, 5.74) is 0.333. The monoisotopic (exact) mass is 316 g/mol. The van der Waals surface area contributed by atoms with Gasteiger partial charge in [-0.3, -0.25) is 0 Å². The van der Waals surface area contributed by atoms with E-state index in [1.165, 1.54) is 6.07 Å². The first-order valence-corrected chi connectivity index (χ1v) is 7.94. The second kappa shape index (κ2) is 6.93. The fraction of sp³-hybridized carbons (Fsp3) is 0.625. The maximum absolute atomic E-state index is 14.2. The van der Waals surface area contributed by atoms with Crippen LogP contribution < -0.4 is 10.2 Å². The molecule has 5 heteroatoms. The third kappa shape index (κ3) is 3.86. The van der Waals surface area contributed by atoms with E-state index in [0.29, 0.717) is 24.2 Å². The average molecular weight is 317 g/mol. The van der Waals surface area contributed by atoms with Crippen LogP contribution in [-0.2, 0) is 0 Å². The van der Waals surface area contributed by atoms with Crippen LogP contribution in [0.1, 0.15) is 33.6 Å². The van der Waals surface area contributed by atoms with Crippen LogP contribution in [0, 0.1) is 17.6 Å². The third-order valence-corrected chi connectivity index (χ3v) is 4.28. The van der Waals surface area contributed by atoms with Crippen LogP contribution >= 0.6 is 11.6 Å². The lowest BCUT2D eigenvalue weighted by molar-refractivity contribution is 0.341. The van der Waals surface area contributed by atoms with Crippen molar-refractivity contribution in [2.45, 2.75) is 45.7 Å². The lowest BCUT2D eigenvalue weighted by Crippen LogP contribution is -2.57. The predicted octanol–water partition coefficient (Wildman–Crippen LogP) is 4.22. The van der Waals surface area contributed by atoms with Gasteiger partial charge in [0.1, 0.15) is 5.82 Å². The number of nitrogens with zero attached hydrogens (tertiary/aromatic N) is 1. The summed E-state index contributed by atoms with van der Waals surface area (Å²) in [6, 6.07) is 2.57. The molecule has 0 aliphatic carbocycles. The molecule has 0 saturated carbocycles. The molecule has 0 radical (unpaired) electrons. The molecule has 1 fully saturated rings. The zero-order valence-corrected chi connectivity index (χ0v) is 13.6. The van der Waals surface area contributed by atoms with Gasteiger partial charge in [0.05, 0.1) is 10.7 Å². The summed E-state index contributed by atoms with van der Waals surface area (Å²) in [6.45, 7) is 7.89. The Labute approximate surface area is 130 Å². The van der Waals surface area contributed by atoms with E-state index in [-0.39, 0.29) is 11.1 Å². The largest absolute Gasteiger partial charge is 0.362 e.